The summed E-state index contributed by atoms with van der Waals surface area (Å²) in [7, 11) is 1.43. The third-order valence-electron chi connectivity index (χ3n) is 3.04. The van der Waals surface area contributed by atoms with E-state index in [4.69, 9.17) is 4.74 Å². The van der Waals surface area contributed by atoms with Crippen molar-refractivity contribution in [3.63, 3.8) is 0 Å². The Kier molecular flexibility index (Phi) is 4.04. The van der Waals surface area contributed by atoms with E-state index in [2.05, 4.69) is 5.10 Å². The molecule has 2 rings (SSSR count). The fourth-order valence-corrected chi connectivity index (χ4v) is 2.06. The van der Waals surface area contributed by atoms with Crippen molar-refractivity contribution >= 4 is 0 Å². The lowest BCUT2D eigenvalue weighted by molar-refractivity contribution is 0.193. The summed E-state index contributed by atoms with van der Waals surface area (Å²) in [5.74, 6) is -1.75. The number of benzene rings is 1. The van der Waals surface area contributed by atoms with Crippen molar-refractivity contribution in [3.05, 3.63) is 47.3 Å². The second kappa shape index (κ2) is 5.58. The molecule has 0 amide bonds. The molecular formula is C14H16F2N2O2. The molecule has 108 valence electrons. The van der Waals surface area contributed by atoms with Gasteiger partial charge in [-0.1, -0.05) is 12.1 Å². The van der Waals surface area contributed by atoms with E-state index in [0.717, 1.165) is 6.07 Å². The van der Waals surface area contributed by atoms with Crippen LogP contribution in [0.15, 0.2) is 24.4 Å². The van der Waals surface area contributed by atoms with E-state index < -0.39 is 17.7 Å². The van der Waals surface area contributed by atoms with Crippen molar-refractivity contribution in [3.8, 4) is 5.75 Å². The molecule has 1 atom stereocenters. The topological polar surface area (TPSA) is 47.3 Å². The van der Waals surface area contributed by atoms with Gasteiger partial charge in [0.15, 0.2) is 17.4 Å². The zero-order valence-electron chi connectivity index (χ0n) is 11.5. The van der Waals surface area contributed by atoms with E-state index in [0.29, 0.717) is 11.4 Å². The molecule has 0 aliphatic rings. The van der Waals surface area contributed by atoms with Crippen molar-refractivity contribution in [1.29, 1.82) is 0 Å². The first-order chi connectivity index (χ1) is 9.47. The van der Waals surface area contributed by atoms with E-state index in [1.807, 2.05) is 13.8 Å². The average molecular weight is 282 g/mol. The van der Waals surface area contributed by atoms with Crippen molar-refractivity contribution in [1.82, 2.24) is 9.78 Å². The Morgan fingerprint density at radius 1 is 1.30 bits per heavy atom. The summed E-state index contributed by atoms with van der Waals surface area (Å²) in [4.78, 5) is 0. The Morgan fingerprint density at radius 3 is 2.60 bits per heavy atom. The number of ether oxygens (including phenoxy) is 1. The summed E-state index contributed by atoms with van der Waals surface area (Å²) in [5, 5.41) is 14.5. The summed E-state index contributed by atoms with van der Waals surface area (Å²) in [5.41, 5.74) is 0.151. The minimum absolute atomic E-state index is 0.0554. The van der Waals surface area contributed by atoms with E-state index >= 15 is 0 Å². The molecule has 0 bridgehead atoms. The number of halogens is 2. The van der Waals surface area contributed by atoms with Crippen LogP contribution in [0.5, 0.6) is 5.75 Å². The largest absolute Gasteiger partial charge is 0.493 e. The first kappa shape index (κ1) is 14.5. The number of methoxy groups -OCH3 is 1. The summed E-state index contributed by atoms with van der Waals surface area (Å²) >= 11 is 0. The van der Waals surface area contributed by atoms with Gasteiger partial charge in [-0.15, -0.1) is 0 Å². The summed E-state index contributed by atoms with van der Waals surface area (Å²) in [6.45, 7) is 3.73. The van der Waals surface area contributed by atoms with Crippen LogP contribution in [0.4, 0.5) is 8.78 Å². The second-order valence-electron chi connectivity index (χ2n) is 4.68. The molecule has 0 radical (unpaired) electrons. The maximum atomic E-state index is 13.8. The van der Waals surface area contributed by atoms with Crippen molar-refractivity contribution < 1.29 is 18.6 Å². The molecule has 1 N–H and O–H groups in total. The third-order valence-corrected chi connectivity index (χ3v) is 3.04. The van der Waals surface area contributed by atoms with Gasteiger partial charge in [-0.2, -0.15) is 5.10 Å². The molecule has 1 unspecified atom stereocenters. The smallest absolute Gasteiger partial charge is 0.165 e. The van der Waals surface area contributed by atoms with Crippen LogP contribution in [0.25, 0.3) is 0 Å². The average Bonchev–Trinajstić information content (AvgIpc) is 2.85. The number of aromatic nitrogens is 2. The fourth-order valence-electron chi connectivity index (χ4n) is 2.06. The lowest BCUT2D eigenvalue weighted by atomic mass is 10.0. The van der Waals surface area contributed by atoms with Crippen LogP contribution in [0.3, 0.4) is 0 Å². The fraction of sp³-hybridized carbons (Fsp3) is 0.357. The number of hydrogen-bond donors (Lipinski definition) is 1. The molecule has 1 aromatic carbocycles. The number of hydrogen-bond acceptors (Lipinski definition) is 3. The van der Waals surface area contributed by atoms with Crippen LogP contribution in [0.2, 0.25) is 0 Å². The normalized spacial score (nSPS) is 12.8. The Hall–Kier alpha value is -1.95. The molecule has 0 saturated heterocycles. The van der Waals surface area contributed by atoms with Gasteiger partial charge in [0.05, 0.1) is 13.3 Å². The molecule has 0 aliphatic carbocycles. The van der Waals surface area contributed by atoms with Crippen LogP contribution < -0.4 is 4.74 Å². The molecule has 4 nitrogen and oxygen atoms in total. The van der Waals surface area contributed by atoms with Gasteiger partial charge in [-0.3, -0.25) is 4.68 Å². The van der Waals surface area contributed by atoms with Crippen LogP contribution in [0, 0.1) is 11.6 Å². The molecule has 2 aromatic rings. The van der Waals surface area contributed by atoms with Crippen LogP contribution in [0.1, 0.15) is 37.3 Å². The number of aliphatic hydroxyl groups is 1. The minimum atomic E-state index is -1.36. The summed E-state index contributed by atoms with van der Waals surface area (Å²) in [6.07, 6.45) is 0.0843. The summed E-state index contributed by atoms with van der Waals surface area (Å²) in [6, 6.07) is 3.63. The van der Waals surface area contributed by atoms with E-state index in [1.54, 1.807) is 0 Å². The van der Waals surface area contributed by atoms with Crippen LogP contribution in [-0.2, 0) is 0 Å². The van der Waals surface area contributed by atoms with Gasteiger partial charge in [-0.05, 0) is 19.9 Å². The molecule has 0 saturated carbocycles. The van der Waals surface area contributed by atoms with Gasteiger partial charge >= 0.3 is 0 Å². The number of nitrogens with zero attached hydrogens (tertiary/aromatic N) is 2. The highest BCUT2D eigenvalue weighted by atomic mass is 19.2. The molecule has 0 fully saturated rings. The van der Waals surface area contributed by atoms with E-state index in [9.17, 15) is 13.9 Å². The maximum Gasteiger partial charge on any atom is 0.165 e. The SMILES string of the molecule is COc1cnn(C(C)C)c1C(O)c1cccc(F)c1F. The predicted octanol–water partition coefficient (Wildman–Crippen LogP) is 2.83. The Labute approximate surface area is 115 Å². The van der Waals surface area contributed by atoms with Crippen molar-refractivity contribution in [2.24, 2.45) is 0 Å². The lowest BCUT2D eigenvalue weighted by Crippen LogP contribution is -2.14. The van der Waals surface area contributed by atoms with E-state index in [-0.39, 0.29) is 11.6 Å². The molecule has 0 spiro atoms. The highest BCUT2D eigenvalue weighted by molar-refractivity contribution is 5.36. The number of aliphatic hydroxyl groups excluding tert-OH is 1. The molecule has 6 heteroatoms. The van der Waals surface area contributed by atoms with Crippen molar-refractivity contribution in [2.45, 2.75) is 26.0 Å². The standard InChI is InChI=1S/C14H16F2N2O2/c1-8(2)18-13(11(20-3)7-17-18)14(19)9-5-4-6-10(15)12(9)16/h4-8,14,19H,1-3H3. The van der Waals surface area contributed by atoms with Gasteiger partial charge in [0.25, 0.3) is 0 Å². The Bertz CT molecular complexity index is 611. The van der Waals surface area contributed by atoms with Gasteiger partial charge in [-0.25, -0.2) is 8.78 Å². The quantitative estimate of drug-likeness (QED) is 0.938. The minimum Gasteiger partial charge on any atom is -0.493 e. The van der Waals surface area contributed by atoms with Gasteiger partial charge in [0, 0.05) is 11.6 Å². The maximum absolute atomic E-state index is 13.8. The highest BCUT2D eigenvalue weighted by Crippen LogP contribution is 2.33. The van der Waals surface area contributed by atoms with Crippen LogP contribution >= 0.6 is 0 Å². The Morgan fingerprint density at radius 2 is 2.00 bits per heavy atom. The van der Waals surface area contributed by atoms with Gasteiger partial charge in [0.1, 0.15) is 11.8 Å². The predicted molar refractivity (Wildman–Crippen MR) is 69.6 cm³/mol. The molecule has 0 aliphatic heterocycles. The van der Waals surface area contributed by atoms with Crippen LogP contribution in [-0.4, -0.2) is 22.0 Å². The molecule has 1 aromatic heterocycles. The van der Waals surface area contributed by atoms with Gasteiger partial charge in [0.2, 0.25) is 0 Å². The Balaban J connectivity index is 2.55. The first-order valence-corrected chi connectivity index (χ1v) is 6.20. The monoisotopic (exact) mass is 282 g/mol. The summed E-state index contributed by atoms with van der Waals surface area (Å²) < 4.78 is 33.7. The molecule has 20 heavy (non-hydrogen) atoms. The zero-order chi connectivity index (χ0) is 14.9. The number of rotatable bonds is 4. The lowest BCUT2D eigenvalue weighted by Gasteiger charge is -2.18. The van der Waals surface area contributed by atoms with E-state index in [1.165, 1.54) is 30.1 Å². The zero-order valence-corrected chi connectivity index (χ0v) is 11.5. The molecular weight excluding hydrogens is 266 g/mol. The highest BCUT2D eigenvalue weighted by Gasteiger charge is 2.26. The molecule has 1 heterocycles. The third kappa shape index (κ3) is 2.38. The second-order valence-corrected chi connectivity index (χ2v) is 4.68. The van der Waals surface area contributed by atoms with Crippen molar-refractivity contribution in [2.75, 3.05) is 7.11 Å². The first-order valence-electron chi connectivity index (χ1n) is 6.20. The van der Waals surface area contributed by atoms with Gasteiger partial charge < -0.3 is 9.84 Å².